The number of hydrogen-bond acceptors (Lipinski definition) is 3. The second-order valence-corrected chi connectivity index (χ2v) is 4.60. The van der Waals surface area contributed by atoms with Crippen LogP contribution in [0.5, 0.6) is 0 Å². The number of thiazole rings is 1. The first-order valence-electron chi connectivity index (χ1n) is 5.08. The van der Waals surface area contributed by atoms with Gasteiger partial charge in [0, 0.05) is 18.1 Å². The van der Waals surface area contributed by atoms with Gasteiger partial charge in [0.25, 0.3) is 0 Å². The summed E-state index contributed by atoms with van der Waals surface area (Å²) in [6.07, 6.45) is 8.95. The first-order valence-corrected chi connectivity index (χ1v) is 5.96. The normalized spacial score (nSPS) is 17.8. The van der Waals surface area contributed by atoms with E-state index in [1.165, 1.54) is 32.1 Å². The summed E-state index contributed by atoms with van der Waals surface area (Å²) in [5.41, 5.74) is 0. The van der Waals surface area contributed by atoms with E-state index < -0.39 is 0 Å². The molecule has 0 atom stereocenters. The van der Waals surface area contributed by atoms with E-state index in [1.54, 1.807) is 11.3 Å². The summed E-state index contributed by atoms with van der Waals surface area (Å²) in [6.45, 7) is 1.10. The van der Waals surface area contributed by atoms with E-state index in [0.29, 0.717) is 0 Å². The van der Waals surface area contributed by atoms with Crippen LogP contribution in [-0.2, 0) is 0 Å². The van der Waals surface area contributed by atoms with Crippen molar-refractivity contribution in [3.8, 4) is 0 Å². The molecule has 0 amide bonds. The monoisotopic (exact) mass is 196 g/mol. The minimum absolute atomic E-state index is 0.979. The van der Waals surface area contributed by atoms with E-state index in [9.17, 15) is 0 Å². The van der Waals surface area contributed by atoms with Crippen molar-refractivity contribution < 1.29 is 0 Å². The van der Waals surface area contributed by atoms with Gasteiger partial charge in [-0.3, -0.25) is 0 Å². The summed E-state index contributed by atoms with van der Waals surface area (Å²) >= 11 is 1.68. The second kappa shape index (κ2) is 4.61. The van der Waals surface area contributed by atoms with Crippen LogP contribution in [0.2, 0.25) is 0 Å². The Morgan fingerprint density at radius 2 is 2.31 bits per heavy atom. The molecule has 2 nitrogen and oxygen atoms in total. The molecular weight excluding hydrogens is 180 g/mol. The molecule has 3 heteroatoms. The molecule has 1 fully saturated rings. The lowest BCUT2D eigenvalue weighted by Crippen LogP contribution is -2.06. The minimum Gasteiger partial charge on any atom is -0.362 e. The third-order valence-corrected chi connectivity index (χ3v) is 3.47. The van der Waals surface area contributed by atoms with Gasteiger partial charge in [-0.1, -0.05) is 25.7 Å². The van der Waals surface area contributed by atoms with Gasteiger partial charge in [0.05, 0.1) is 0 Å². The van der Waals surface area contributed by atoms with Gasteiger partial charge in [-0.15, -0.1) is 11.3 Å². The molecule has 72 valence electrons. The number of anilines is 1. The molecule has 2 rings (SSSR count). The van der Waals surface area contributed by atoms with Crippen LogP contribution in [0.25, 0.3) is 0 Å². The van der Waals surface area contributed by atoms with E-state index in [4.69, 9.17) is 0 Å². The summed E-state index contributed by atoms with van der Waals surface area (Å²) in [4.78, 5) is 4.19. The predicted molar refractivity (Wildman–Crippen MR) is 57.2 cm³/mol. The number of rotatable bonds is 4. The maximum Gasteiger partial charge on any atom is 0.182 e. The van der Waals surface area contributed by atoms with Gasteiger partial charge in [-0.25, -0.2) is 4.98 Å². The van der Waals surface area contributed by atoms with Crippen LogP contribution in [0.4, 0.5) is 5.13 Å². The van der Waals surface area contributed by atoms with Crippen molar-refractivity contribution in [2.24, 2.45) is 5.92 Å². The standard InChI is InChI=1S/C10H16N2S/c1-2-4-9(3-1)5-6-11-10-12-7-8-13-10/h7-9H,1-6H2,(H,11,12). The second-order valence-electron chi connectivity index (χ2n) is 3.70. The molecule has 1 aromatic heterocycles. The maximum absolute atomic E-state index is 4.19. The fourth-order valence-electron chi connectivity index (χ4n) is 1.99. The van der Waals surface area contributed by atoms with Crippen molar-refractivity contribution >= 4 is 16.5 Å². The van der Waals surface area contributed by atoms with Gasteiger partial charge in [0.2, 0.25) is 0 Å². The highest BCUT2D eigenvalue weighted by Gasteiger charge is 2.13. The van der Waals surface area contributed by atoms with E-state index in [0.717, 1.165) is 17.6 Å². The average molecular weight is 196 g/mol. The Morgan fingerprint density at radius 3 is 3.00 bits per heavy atom. The summed E-state index contributed by atoms with van der Waals surface area (Å²) in [5, 5.41) is 6.44. The number of aromatic nitrogens is 1. The highest BCUT2D eigenvalue weighted by atomic mass is 32.1. The molecule has 0 radical (unpaired) electrons. The Morgan fingerprint density at radius 1 is 1.46 bits per heavy atom. The fourth-order valence-corrected chi connectivity index (χ4v) is 2.55. The fraction of sp³-hybridized carbons (Fsp3) is 0.700. The molecule has 0 aliphatic heterocycles. The topological polar surface area (TPSA) is 24.9 Å². The molecule has 0 unspecified atom stereocenters. The van der Waals surface area contributed by atoms with Gasteiger partial charge in [-0.05, 0) is 12.3 Å². The Bertz CT molecular complexity index is 227. The van der Waals surface area contributed by atoms with Crippen molar-refractivity contribution in [3.63, 3.8) is 0 Å². The molecule has 0 aromatic carbocycles. The largest absolute Gasteiger partial charge is 0.362 e. The first kappa shape index (κ1) is 9.00. The van der Waals surface area contributed by atoms with Crippen LogP contribution in [0.1, 0.15) is 32.1 Å². The van der Waals surface area contributed by atoms with E-state index in [2.05, 4.69) is 10.3 Å². The van der Waals surface area contributed by atoms with E-state index in [-0.39, 0.29) is 0 Å². The molecule has 1 saturated carbocycles. The van der Waals surface area contributed by atoms with Crippen molar-refractivity contribution in [2.75, 3.05) is 11.9 Å². The van der Waals surface area contributed by atoms with Crippen LogP contribution < -0.4 is 5.32 Å². The zero-order chi connectivity index (χ0) is 8.93. The summed E-state index contributed by atoms with van der Waals surface area (Å²) in [6, 6.07) is 0. The van der Waals surface area contributed by atoms with Crippen LogP contribution >= 0.6 is 11.3 Å². The predicted octanol–water partition coefficient (Wildman–Crippen LogP) is 3.14. The maximum atomic E-state index is 4.19. The average Bonchev–Trinajstić information content (AvgIpc) is 2.75. The highest BCUT2D eigenvalue weighted by molar-refractivity contribution is 7.13. The lowest BCUT2D eigenvalue weighted by molar-refractivity contribution is 0.518. The molecule has 0 spiro atoms. The zero-order valence-electron chi connectivity index (χ0n) is 7.83. The van der Waals surface area contributed by atoms with Crippen LogP contribution in [0.15, 0.2) is 11.6 Å². The SMILES string of the molecule is c1csc(NCCC2CCCC2)n1. The van der Waals surface area contributed by atoms with E-state index >= 15 is 0 Å². The molecule has 1 N–H and O–H groups in total. The van der Waals surface area contributed by atoms with Crippen molar-refractivity contribution in [1.29, 1.82) is 0 Å². The van der Waals surface area contributed by atoms with Gasteiger partial charge in [-0.2, -0.15) is 0 Å². The minimum atomic E-state index is 0.979. The number of hydrogen-bond donors (Lipinski definition) is 1. The molecule has 1 aliphatic carbocycles. The molecule has 1 aliphatic rings. The Labute approximate surface area is 83.4 Å². The Hall–Kier alpha value is -0.570. The lowest BCUT2D eigenvalue weighted by Gasteiger charge is -2.08. The Kier molecular flexibility index (Phi) is 3.19. The first-order chi connectivity index (χ1) is 6.45. The number of nitrogens with one attached hydrogen (secondary N) is 1. The molecule has 1 aromatic rings. The summed E-state index contributed by atoms with van der Waals surface area (Å²) in [7, 11) is 0. The molecular formula is C10H16N2S. The highest BCUT2D eigenvalue weighted by Crippen LogP contribution is 2.27. The molecule has 0 bridgehead atoms. The van der Waals surface area contributed by atoms with Crippen molar-refractivity contribution in [3.05, 3.63) is 11.6 Å². The molecule has 13 heavy (non-hydrogen) atoms. The summed E-state index contributed by atoms with van der Waals surface area (Å²) < 4.78 is 0. The molecule has 0 saturated heterocycles. The van der Waals surface area contributed by atoms with Gasteiger partial charge >= 0.3 is 0 Å². The van der Waals surface area contributed by atoms with Crippen LogP contribution in [0, 0.1) is 5.92 Å². The van der Waals surface area contributed by atoms with Crippen LogP contribution in [0.3, 0.4) is 0 Å². The van der Waals surface area contributed by atoms with Crippen LogP contribution in [-0.4, -0.2) is 11.5 Å². The third kappa shape index (κ3) is 2.69. The van der Waals surface area contributed by atoms with Crippen molar-refractivity contribution in [2.45, 2.75) is 32.1 Å². The lowest BCUT2D eigenvalue weighted by atomic mass is 10.0. The number of nitrogens with zero attached hydrogens (tertiary/aromatic N) is 1. The smallest absolute Gasteiger partial charge is 0.182 e. The third-order valence-electron chi connectivity index (χ3n) is 2.74. The van der Waals surface area contributed by atoms with Gasteiger partial charge < -0.3 is 5.32 Å². The zero-order valence-corrected chi connectivity index (χ0v) is 8.65. The quantitative estimate of drug-likeness (QED) is 0.800. The Balaban J connectivity index is 1.63. The van der Waals surface area contributed by atoms with Gasteiger partial charge in [0.1, 0.15) is 0 Å². The molecule has 1 heterocycles. The van der Waals surface area contributed by atoms with E-state index in [1.807, 2.05) is 11.6 Å². The van der Waals surface area contributed by atoms with Crippen molar-refractivity contribution in [1.82, 2.24) is 4.98 Å². The summed E-state index contributed by atoms with van der Waals surface area (Å²) in [5.74, 6) is 0.979. The van der Waals surface area contributed by atoms with Gasteiger partial charge in [0.15, 0.2) is 5.13 Å².